The van der Waals surface area contributed by atoms with E-state index in [9.17, 15) is 9.59 Å². The van der Waals surface area contributed by atoms with E-state index in [0.717, 1.165) is 17.5 Å². The molecule has 0 bridgehead atoms. The molecule has 4 nitrogen and oxygen atoms in total. The normalized spacial score (nSPS) is 19.8. The predicted molar refractivity (Wildman–Crippen MR) is 111 cm³/mol. The van der Waals surface area contributed by atoms with E-state index in [0.29, 0.717) is 23.0 Å². The van der Waals surface area contributed by atoms with Crippen LogP contribution in [0.3, 0.4) is 0 Å². The Balaban J connectivity index is 1.68. The number of fused-ring (bicyclic) bond motifs is 1. The molecule has 28 heavy (non-hydrogen) atoms. The van der Waals surface area contributed by atoms with Crippen molar-refractivity contribution in [2.24, 2.45) is 5.92 Å². The van der Waals surface area contributed by atoms with E-state index < -0.39 is 0 Å². The summed E-state index contributed by atoms with van der Waals surface area (Å²) in [5, 5.41) is 3.49. The summed E-state index contributed by atoms with van der Waals surface area (Å²) >= 11 is 6.16. The standard InChI is InChI=1S/C23H25ClN2O2/c24-18-11-12-19-20(14-18)25-21(27)15-26(23(19)17-8-2-1-3-9-17)22(28)13-10-16-6-4-5-7-16/h1-3,8-9,11-12,14,16,23H,4-7,10,13,15H2,(H,25,27). The molecule has 0 spiro atoms. The quantitative estimate of drug-likeness (QED) is 0.773. The fraction of sp³-hybridized carbons (Fsp3) is 0.391. The van der Waals surface area contributed by atoms with Crippen LogP contribution in [0.15, 0.2) is 48.5 Å². The highest BCUT2D eigenvalue weighted by atomic mass is 35.5. The van der Waals surface area contributed by atoms with Crippen LogP contribution in [0.1, 0.15) is 55.7 Å². The Morgan fingerprint density at radius 3 is 2.61 bits per heavy atom. The number of hydrogen-bond donors (Lipinski definition) is 1. The van der Waals surface area contributed by atoms with Gasteiger partial charge in [-0.2, -0.15) is 0 Å². The highest BCUT2D eigenvalue weighted by Crippen LogP contribution is 2.38. The number of carbonyl (C=O) groups is 2. The van der Waals surface area contributed by atoms with Gasteiger partial charge in [-0.15, -0.1) is 0 Å². The van der Waals surface area contributed by atoms with E-state index in [4.69, 9.17) is 11.6 Å². The summed E-state index contributed by atoms with van der Waals surface area (Å²) in [4.78, 5) is 27.5. The van der Waals surface area contributed by atoms with Crippen LogP contribution >= 0.6 is 11.6 Å². The molecule has 0 radical (unpaired) electrons. The lowest BCUT2D eigenvalue weighted by atomic mass is 9.95. The summed E-state index contributed by atoms with van der Waals surface area (Å²) in [6, 6.07) is 15.1. The maximum absolute atomic E-state index is 13.2. The van der Waals surface area contributed by atoms with E-state index in [2.05, 4.69) is 5.32 Å². The minimum absolute atomic E-state index is 0.0405. The number of hydrogen-bond acceptors (Lipinski definition) is 2. The number of anilines is 1. The van der Waals surface area contributed by atoms with E-state index in [1.807, 2.05) is 42.5 Å². The number of rotatable bonds is 4. The molecule has 1 atom stereocenters. The van der Waals surface area contributed by atoms with E-state index in [1.165, 1.54) is 25.7 Å². The molecule has 1 aliphatic heterocycles. The predicted octanol–water partition coefficient (Wildman–Crippen LogP) is 5.18. The first-order valence-electron chi connectivity index (χ1n) is 10.1. The molecule has 146 valence electrons. The van der Waals surface area contributed by atoms with Crippen LogP contribution in [0.4, 0.5) is 5.69 Å². The topological polar surface area (TPSA) is 49.4 Å². The molecule has 0 saturated heterocycles. The zero-order valence-electron chi connectivity index (χ0n) is 15.9. The summed E-state index contributed by atoms with van der Waals surface area (Å²) in [5.74, 6) is 0.501. The number of nitrogens with zero attached hydrogens (tertiary/aromatic N) is 1. The molecule has 1 heterocycles. The number of benzene rings is 2. The summed E-state index contributed by atoms with van der Waals surface area (Å²) < 4.78 is 0. The lowest BCUT2D eigenvalue weighted by Crippen LogP contribution is -2.39. The number of amides is 2. The summed E-state index contributed by atoms with van der Waals surface area (Å²) in [6.45, 7) is 0.0510. The molecule has 1 unspecified atom stereocenters. The van der Waals surface area contributed by atoms with E-state index in [-0.39, 0.29) is 24.4 Å². The third kappa shape index (κ3) is 4.07. The maximum Gasteiger partial charge on any atom is 0.244 e. The largest absolute Gasteiger partial charge is 0.324 e. The fourth-order valence-corrected chi connectivity index (χ4v) is 4.65. The van der Waals surface area contributed by atoms with Crippen LogP contribution in [-0.2, 0) is 9.59 Å². The Morgan fingerprint density at radius 2 is 1.86 bits per heavy atom. The molecule has 2 aromatic carbocycles. The zero-order valence-corrected chi connectivity index (χ0v) is 16.6. The molecular weight excluding hydrogens is 372 g/mol. The van der Waals surface area contributed by atoms with Gasteiger partial charge in [-0.1, -0.05) is 73.7 Å². The van der Waals surface area contributed by atoms with Gasteiger partial charge in [0, 0.05) is 22.7 Å². The highest BCUT2D eigenvalue weighted by molar-refractivity contribution is 6.31. The second-order valence-corrected chi connectivity index (χ2v) is 8.24. The van der Waals surface area contributed by atoms with Crippen molar-refractivity contribution in [3.8, 4) is 0 Å². The van der Waals surface area contributed by atoms with Gasteiger partial charge in [-0.25, -0.2) is 0 Å². The van der Waals surface area contributed by atoms with Gasteiger partial charge in [0.05, 0.1) is 6.04 Å². The second-order valence-electron chi connectivity index (χ2n) is 7.80. The van der Waals surface area contributed by atoms with Crippen LogP contribution in [0, 0.1) is 5.92 Å². The molecule has 2 aromatic rings. The van der Waals surface area contributed by atoms with Gasteiger partial charge >= 0.3 is 0 Å². The molecule has 1 saturated carbocycles. The Labute approximate surface area is 170 Å². The van der Waals surface area contributed by atoms with Gasteiger partial charge in [0.2, 0.25) is 11.8 Å². The van der Waals surface area contributed by atoms with Crippen molar-refractivity contribution in [3.63, 3.8) is 0 Å². The van der Waals surface area contributed by atoms with Crippen molar-refractivity contribution in [1.82, 2.24) is 4.90 Å². The van der Waals surface area contributed by atoms with Crippen molar-refractivity contribution in [2.45, 2.75) is 44.6 Å². The zero-order chi connectivity index (χ0) is 19.5. The molecule has 4 rings (SSSR count). The molecule has 2 amide bonds. The molecule has 1 aliphatic carbocycles. The van der Waals surface area contributed by atoms with Crippen LogP contribution in [0.25, 0.3) is 0 Å². The third-order valence-electron chi connectivity index (χ3n) is 5.89. The SMILES string of the molecule is O=C1CN(C(=O)CCC2CCCC2)C(c2ccccc2)c2ccc(Cl)cc2N1. The lowest BCUT2D eigenvalue weighted by Gasteiger charge is -2.31. The Kier molecular flexibility index (Phi) is 5.67. The second kappa shape index (κ2) is 8.36. The van der Waals surface area contributed by atoms with Gasteiger partial charge < -0.3 is 10.2 Å². The number of carbonyl (C=O) groups excluding carboxylic acids is 2. The van der Waals surface area contributed by atoms with Crippen LogP contribution in [0.5, 0.6) is 0 Å². The average Bonchev–Trinajstić information content (AvgIpc) is 3.16. The Hall–Kier alpha value is -2.33. The van der Waals surface area contributed by atoms with Gasteiger partial charge in [0.15, 0.2) is 0 Å². The van der Waals surface area contributed by atoms with Crippen LogP contribution < -0.4 is 5.32 Å². The van der Waals surface area contributed by atoms with E-state index >= 15 is 0 Å². The van der Waals surface area contributed by atoms with Crippen molar-refractivity contribution in [1.29, 1.82) is 0 Å². The first-order valence-corrected chi connectivity index (χ1v) is 10.4. The molecule has 1 fully saturated rings. The van der Waals surface area contributed by atoms with Crippen molar-refractivity contribution in [3.05, 3.63) is 64.7 Å². The summed E-state index contributed by atoms with van der Waals surface area (Å²) in [7, 11) is 0. The minimum Gasteiger partial charge on any atom is -0.324 e. The Bertz CT molecular complexity index is 862. The van der Waals surface area contributed by atoms with E-state index in [1.54, 1.807) is 11.0 Å². The van der Waals surface area contributed by atoms with Gasteiger partial charge in [0.25, 0.3) is 0 Å². The number of halogens is 1. The number of nitrogens with one attached hydrogen (secondary N) is 1. The van der Waals surface area contributed by atoms with Crippen molar-refractivity contribution < 1.29 is 9.59 Å². The first kappa shape index (κ1) is 19.0. The Morgan fingerprint density at radius 1 is 1.11 bits per heavy atom. The van der Waals surface area contributed by atoms with Gasteiger partial charge in [0.1, 0.15) is 6.54 Å². The van der Waals surface area contributed by atoms with Crippen molar-refractivity contribution >= 4 is 29.1 Å². The maximum atomic E-state index is 13.2. The first-order chi connectivity index (χ1) is 13.6. The minimum atomic E-state index is -0.302. The molecule has 5 heteroatoms. The molecular formula is C23H25ClN2O2. The van der Waals surface area contributed by atoms with Crippen LogP contribution in [0.2, 0.25) is 5.02 Å². The van der Waals surface area contributed by atoms with Crippen LogP contribution in [-0.4, -0.2) is 23.3 Å². The van der Waals surface area contributed by atoms with Gasteiger partial charge in [-0.05, 0) is 30.0 Å². The molecule has 2 aliphatic rings. The monoisotopic (exact) mass is 396 g/mol. The fourth-order valence-electron chi connectivity index (χ4n) is 4.48. The highest BCUT2D eigenvalue weighted by Gasteiger charge is 2.33. The molecule has 1 N–H and O–H groups in total. The third-order valence-corrected chi connectivity index (χ3v) is 6.12. The lowest BCUT2D eigenvalue weighted by molar-refractivity contribution is -0.136. The molecule has 0 aromatic heterocycles. The van der Waals surface area contributed by atoms with Crippen molar-refractivity contribution in [2.75, 3.05) is 11.9 Å². The summed E-state index contributed by atoms with van der Waals surface area (Å²) in [5.41, 5.74) is 2.57. The van der Waals surface area contributed by atoms with Gasteiger partial charge in [-0.3, -0.25) is 9.59 Å². The summed E-state index contributed by atoms with van der Waals surface area (Å²) in [6.07, 6.45) is 6.38. The average molecular weight is 397 g/mol. The smallest absolute Gasteiger partial charge is 0.244 e.